The van der Waals surface area contributed by atoms with E-state index < -0.39 is 5.97 Å². The normalized spacial score (nSPS) is 18.6. The van der Waals surface area contributed by atoms with E-state index in [9.17, 15) is 4.79 Å². The van der Waals surface area contributed by atoms with Gasteiger partial charge in [-0.05, 0) is 50.2 Å². The fourth-order valence-electron chi connectivity index (χ4n) is 2.96. The molecule has 0 saturated heterocycles. The van der Waals surface area contributed by atoms with E-state index in [0.717, 1.165) is 13.0 Å². The van der Waals surface area contributed by atoms with E-state index in [-0.39, 0.29) is 12.6 Å². The van der Waals surface area contributed by atoms with Crippen LogP contribution in [0.5, 0.6) is 0 Å². The van der Waals surface area contributed by atoms with E-state index >= 15 is 0 Å². The summed E-state index contributed by atoms with van der Waals surface area (Å²) in [6.07, 6.45) is 3.54. The number of hydrogen-bond acceptors (Lipinski definition) is 2. The summed E-state index contributed by atoms with van der Waals surface area (Å²) >= 11 is 0. The Balaban J connectivity index is 2.12. The standard InChI is InChI=1S/C16H23NO2/c1-12(2)17(11-16(18)19)10-14-8-5-7-13-6-3-4-9-15(13)14/h3-4,6,9,12,14H,5,7-8,10-11H2,1-2H3,(H,18,19). The van der Waals surface area contributed by atoms with E-state index in [0.29, 0.717) is 5.92 Å². The van der Waals surface area contributed by atoms with Gasteiger partial charge in [-0.1, -0.05) is 24.3 Å². The summed E-state index contributed by atoms with van der Waals surface area (Å²) in [6, 6.07) is 8.87. The molecule has 104 valence electrons. The van der Waals surface area contributed by atoms with Gasteiger partial charge in [0.05, 0.1) is 6.54 Å². The molecule has 0 radical (unpaired) electrons. The number of carboxylic acid groups (broad SMARTS) is 1. The summed E-state index contributed by atoms with van der Waals surface area (Å²) in [5.74, 6) is -0.260. The van der Waals surface area contributed by atoms with Gasteiger partial charge in [0.15, 0.2) is 0 Å². The van der Waals surface area contributed by atoms with Gasteiger partial charge >= 0.3 is 5.97 Å². The summed E-state index contributed by atoms with van der Waals surface area (Å²) in [5.41, 5.74) is 2.86. The average Bonchev–Trinajstić information content (AvgIpc) is 2.37. The van der Waals surface area contributed by atoms with Crippen molar-refractivity contribution in [2.45, 2.75) is 45.1 Å². The van der Waals surface area contributed by atoms with Gasteiger partial charge in [0.2, 0.25) is 0 Å². The van der Waals surface area contributed by atoms with Crippen LogP contribution in [-0.4, -0.2) is 35.1 Å². The monoisotopic (exact) mass is 261 g/mol. The van der Waals surface area contributed by atoms with Crippen LogP contribution in [0.1, 0.15) is 43.7 Å². The highest BCUT2D eigenvalue weighted by Crippen LogP contribution is 2.32. The molecule has 1 N–H and O–H groups in total. The lowest BCUT2D eigenvalue weighted by Gasteiger charge is -2.32. The number of rotatable bonds is 5. The fraction of sp³-hybridized carbons (Fsp3) is 0.562. The topological polar surface area (TPSA) is 40.5 Å². The first-order valence-electron chi connectivity index (χ1n) is 7.11. The Kier molecular flexibility index (Phi) is 4.59. The van der Waals surface area contributed by atoms with Crippen molar-refractivity contribution in [3.8, 4) is 0 Å². The van der Waals surface area contributed by atoms with Crippen LogP contribution in [0.25, 0.3) is 0 Å². The Hall–Kier alpha value is -1.35. The van der Waals surface area contributed by atoms with Crippen LogP contribution in [0.2, 0.25) is 0 Å². The van der Waals surface area contributed by atoms with Gasteiger partial charge in [0.1, 0.15) is 0 Å². The van der Waals surface area contributed by atoms with Crippen molar-refractivity contribution in [3.05, 3.63) is 35.4 Å². The van der Waals surface area contributed by atoms with Gasteiger partial charge in [0, 0.05) is 12.6 Å². The third kappa shape index (κ3) is 3.57. The van der Waals surface area contributed by atoms with Crippen LogP contribution in [0.4, 0.5) is 0 Å². The maximum absolute atomic E-state index is 11.0. The van der Waals surface area contributed by atoms with Crippen LogP contribution in [0.15, 0.2) is 24.3 Å². The minimum absolute atomic E-state index is 0.135. The number of hydrogen-bond donors (Lipinski definition) is 1. The van der Waals surface area contributed by atoms with Gasteiger partial charge in [-0.25, -0.2) is 0 Å². The molecule has 0 saturated carbocycles. The second-order valence-electron chi connectivity index (χ2n) is 5.70. The number of aliphatic carboxylic acids is 1. The quantitative estimate of drug-likeness (QED) is 0.886. The molecule has 0 bridgehead atoms. The zero-order chi connectivity index (χ0) is 13.8. The molecule has 19 heavy (non-hydrogen) atoms. The number of carboxylic acids is 1. The molecule has 1 aromatic rings. The van der Waals surface area contributed by atoms with E-state index in [1.807, 2.05) is 0 Å². The average molecular weight is 261 g/mol. The first-order valence-corrected chi connectivity index (χ1v) is 7.11. The molecule has 3 heteroatoms. The van der Waals surface area contributed by atoms with Crippen molar-refractivity contribution in [3.63, 3.8) is 0 Å². The summed E-state index contributed by atoms with van der Waals surface area (Å²) in [4.78, 5) is 13.0. The molecular formula is C16H23NO2. The zero-order valence-electron chi connectivity index (χ0n) is 11.8. The van der Waals surface area contributed by atoms with Crippen LogP contribution < -0.4 is 0 Å². The molecule has 0 spiro atoms. The number of aryl methyl sites for hydroxylation is 1. The number of benzene rings is 1. The van der Waals surface area contributed by atoms with Gasteiger partial charge in [0.25, 0.3) is 0 Å². The summed E-state index contributed by atoms with van der Waals surface area (Å²) < 4.78 is 0. The number of carbonyl (C=O) groups is 1. The van der Waals surface area contributed by atoms with Crippen LogP contribution in [-0.2, 0) is 11.2 Å². The lowest BCUT2D eigenvalue weighted by atomic mass is 9.82. The Bertz CT molecular complexity index is 442. The molecule has 0 amide bonds. The molecule has 0 fully saturated rings. The minimum Gasteiger partial charge on any atom is -0.480 e. The molecule has 2 rings (SSSR count). The largest absolute Gasteiger partial charge is 0.480 e. The molecule has 1 aromatic carbocycles. The molecule has 1 unspecified atom stereocenters. The van der Waals surface area contributed by atoms with Gasteiger partial charge in [-0.2, -0.15) is 0 Å². The predicted octanol–water partition coefficient (Wildman–Crippen LogP) is 2.90. The Labute approximate surface area is 115 Å². The van der Waals surface area contributed by atoms with Crippen molar-refractivity contribution in [1.29, 1.82) is 0 Å². The molecule has 0 heterocycles. The minimum atomic E-state index is -0.738. The van der Waals surface area contributed by atoms with Crippen LogP contribution in [0.3, 0.4) is 0 Å². The molecule has 0 aromatic heterocycles. The van der Waals surface area contributed by atoms with E-state index in [1.54, 1.807) is 0 Å². The molecule has 0 aliphatic heterocycles. The molecule has 1 atom stereocenters. The van der Waals surface area contributed by atoms with Crippen LogP contribution in [0, 0.1) is 0 Å². The SMILES string of the molecule is CC(C)N(CC(=O)O)CC1CCCc2ccccc21. The van der Waals surface area contributed by atoms with E-state index in [2.05, 4.69) is 43.0 Å². The van der Waals surface area contributed by atoms with Gasteiger partial charge in [-0.15, -0.1) is 0 Å². The number of fused-ring (bicyclic) bond motifs is 1. The second kappa shape index (κ2) is 6.20. The zero-order valence-corrected chi connectivity index (χ0v) is 11.8. The maximum atomic E-state index is 11.0. The lowest BCUT2D eigenvalue weighted by Crippen LogP contribution is -2.39. The maximum Gasteiger partial charge on any atom is 0.317 e. The summed E-state index contributed by atoms with van der Waals surface area (Å²) in [6.45, 7) is 5.12. The molecule has 3 nitrogen and oxygen atoms in total. The third-order valence-corrected chi connectivity index (χ3v) is 4.02. The summed E-state index contributed by atoms with van der Waals surface area (Å²) in [7, 11) is 0. The van der Waals surface area contributed by atoms with Crippen molar-refractivity contribution in [2.75, 3.05) is 13.1 Å². The highest BCUT2D eigenvalue weighted by atomic mass is 16.4. The first kappa shape index (κ1) is 14.1. The molecule has 1 aliphatic rings. The molecule has 1 aliphatic carbocycles. The molecular weight excluding hydrogens is 238 g/mol. The predicted molar refractivity (Wildman–Crippen MR) is 76.5 cm³/mol. The first-order chi connectivity index (χ1) is 9.08. The second-order valence-corrected chi connectivity index (χ2v) is 5.70. The summed E-state index contributed by atoms with van der Waals surface area (Å²) in [5, 5.41) is 9.02. The Morgan fingerprint density at radius 2 is 2.16 bits per heavy atom. The fourth-order valence-corrected chi connectivity index (χ4v) is 2.96. The highest BCUT2D eigenvalue weighted by Gasteiger charge is 2.24. The third-order valence-electron chi connectivity index (χ3n) is 4.02. The highest BCUT2D eigenvalue weighted by molar-refractivity contribution is 5.69. The van der Waals surface area contributed by atoms with E-state index in [4.69, 9.17) is 5.11 Å². The van der Waals surface area contributed by atoms with Crippen molar-refractivity contribution < 1.29 is 9.90 Å². The Morgan fingerprint density at radius 3 is 2.84 bits per heavy atom. The van der Waals surface area contributed by atoms with Crippen LogP contribution >= 0.6 is 0 Å². The van der Waals surface area contributed by atoms with Gasteiger partial charge < -0.3 is 5.11 Å². The van der Waals surface area contributed by atoms with Gasteiger partial charge in [-0.3, -0.25) is 9.69 Å². The smallest absolute Gasteiger partial charge is 0.317 e. The van der Waals surface area contributed by atoms with Crippen molar-refractivity contribution in [1.82, 2.24) is 4.90 Å². The van der Waals surface area contributed by atoms with Crippen molar-refractivity contribution >= 4 is 5.97 Å². The number of nitrogens with zero attached hydrogens (tertiary/aromatic N) is 1. The lowest BCUT2D eigenvalue weighted by molar-refractivity contribution is -0.138. The Morgan fingerprint density at radius 1 is 1.42 bits per heavy atom. The van der Waals surface area contributed by atoms with E-state index in [1.165, 1.54) is 24.0 Å². The van der Waals surface area contributed by atoms with Crippen molar-refractivity contribution in [2.24, 2.45) is 0 Å².